The molecule has 0 amide bonds. The van der Waals surface area contributed by atoms with Crippen LogP contribution in [0.4, 0.5) is 0 Å². The van der Waals surface area contributed by atoms with Crippen LogP contribution in [0.2, 0.25) is 0 Å². The number of nitrogens with two attached hydrogens (primary N) is 1. The average molecular weight is 416 g/mol. The number of nitrogens with one attached hydrogen (secondary N) is 1. The van der Waals surface area contributed by atoms with E-state index in [-0.39, 0.29) is 4.90 Å². The number of methoxy groups -OCH3 is 1. The SMILES string of the molecule is COCCCNCc1nc(Cc2ccccc2)nn1-c1ccc(S(N)(=O)=O)cc1. The summed E-state index contributed by atoms with van der Waals surface area (Å²) < 4.78 is 29.8. The molecule has 0 bridgehead atoms. The topological polar surface area (TPSA) is 112 Å². The zero-order chi connectivity index (χ0) is 20.7. The van der Waals surface area contributed by atoms with E-state index in [1.807, 2.05) is 30.3 Å². The molecule has 3 N–H and O–H groups in total. The zero-order valence-corrected chi connectivity index (χ0v) is 17.1. The molecule has 0 radical (unpaired) electrons. The van der Waals surface area contributed by atoms with E-state index in [1.165, 1.54) is 12.1 Å². The maximum absolute atomic E-state index is 11.5. The van der Waals surface area contributed by atoms with E-state index in [0.29, 0.717) is 25.4 Å². The highest BCUT2D eigenvalue weighted by Crippen LogP contribution is 2.15. The predicted molar refractivity (Wildman–Crippen MR) is 110 cm³/mol. The van der Waals surface area contributed by atoms with E-state index in [4.69, 9.17) is 9.88 Å². The van der Waals surface area contributed by atoms with Crippen LogP contribution in [0.1, 0.15) is 23.6 Å². The van der Waals surface area contributed by atoms with Gasteiger partial charge in [0.1, 0.15) is 5.82 Å². The zero-order valence-electron chi connectivity index (χ0n) is 16.3. The number of sulfonamides is 1. The van der Waals surface area contributed by atoms with Crippen LogP contribution in [0.25, 0.3) is 5.69 Å². The highest BCUT2D eigenvalue weighted by atomic mass is 32.2. The number of nitrogens with zero attached hydrogens (tertiary/aromatic N) is 3. The molecule has 0 aliphatic rings. The van der Waals surface area contributed by atoms with Gasteiger partial charge in [-0.3, -0.25) is 0 Å². The van der Waals surface area contributed by atoms with Gasteiger partial charge < -0.3 is 10.1 Å². The van der Waals surface area contributed by atoms with E-state index in [1.54, 1.807) is 23.9 Å². The molecule has 9 heteroatoms. The largest absolute Gasteiger partial charge is 0.385 e. The Kier molecular flexibility index (Phi) is 7.10. The summed E-state index contributed by atoms with van der Waals surface area (Å²) in [5.41, 5.74) is 1.84. The summed E-state index contributed by atoms with van der Waals surface area (Å²) in [4.78, 5) is 4.75. The maximum Gasteiger partial charge on any atom is 0.238 e. The number of rotatable bonds is 10. The minimum Gasteiger partial charge on any atom is -0.385 e. The molecule has 3 rings (SSSR count). The molecule has 0 aliphatic carbocycles. The normalized spacial score (nSPS) is 11.7. The van der Waals surface area contributed by atoms with Gasteiger partial charge in [0.25, 0.3) is 0 Å². The van der Waals surface area contributed by atoms with E-state index in [9.17, 15) is 8.42 Å². The Balaban J connectivity index is 1.84. The van der Waals surface area contributed by atoms with Gasteiger partial charge >= 0.3 is 0 Å². The van der Waals surface area contributed by atoms with Crippen LogP contribution >= 0.6 is 0 Å². The van der Waals surface area contributed by atoms with E-state index >= 15 is 0 Å². The van der Waals surface area contributed by atoms with Crippen LogP contribution in [0.5, 0.6) is 0 Å². The highest BCUT2D eigenvalue weighted by molar-refractivity contribution is 7.89. The average Bonchev–Trinajstić information content (AvgIpc) is 3.10. The molecule has 0 spiro atoms. The Labute approximate surface area is 170 Å². The van der Waals surface area contributed by atoms with Crippen molar-refractivity contribution in [3.63, 3.8) is 0 Å². The summed E-state index contributed by atoms with van der Waals surface area (Å²) in [6, 6.07) is 16.3. The fraction of sp³-hybridized carbons (Fsp3) is 0.300. The van der Waals surface area contributed by atoms with Crippen LogP contribution in [0.15, 0.2) is 59.5 Å². The van der Waals surface area contributed by atoms with Gasteiger partial charge in [-0.25, -0.2) is 23.2 Å². The third-order valence-corrected chi connectivity index (χ3v) is 5.25. The van der Waals surface area contributed by atoms with Crippen molar-refractivity contribution >= 4 is 10.0 Å². The lowest BCUT2D eigenvalue weighted by atomic mass is 10.1. The van der Waals surface area contributed by atoms with Crippen LogP contribution in [-0.4, -0.2) is 43.4 Å². The van der Waals surface area contributed by atoms with Crippen molar-refractivity contribution in [3.8, 4) is 5.69 Å². The van der Waals surface area contributed by atoms with Crippen LogP contribution in [0, 0.1) is 0 Å². The second-order valence-corrected chi connectivity index (χ2v) is 8.14. The van der Waals surface area contributed by atoms with Crippen molar-refractivity contribution in [2.75, 3.05) is 20.3 Å². The fourth-order valence-electron chi connectivity index (χ4n) is 2.89. The quantitative estimate of drug-likeness (QED) is 0.487. The summed E-state index contributed by atoms with van der Waals surface area (Å²) in [7, 11) is -2.06. The van der Waals surface area contributed by atoms with Crippen molar-refractivity contribution in [2.24, 2.45) is 5.14 Å². The first-order chi connectivity index (χ1) is 14.0. The van der Waals surface area contributed by atoms with Gasteiger partial charge in [-0.2, -0.15) is 5.10 Å². The minimum absolute atomic E-state index is 0.0603. The molecule has 3 aromatic rings. The smallest absolute Gasteiger partial charge is 0.238 e. The standard InChI is InChI=1S/C20H25N5O3S/c1-28-13-5-12-22-15-20-23-19(14-16-6-3-2-4-7-16)24-25(20)17-8-10-18(11-9-17)29(21,26)27/h2-4,6-11,22H,5,12-15H2,1H3,(H2,21,26,27). The van der Waals surface area contributed by atoms with Crippen molar-refractivity contribution in [3.05, 3.63) is 71.8 Å². The van der Waals surface area contributed by atoms with Gasteiger partial charge in [0, 0.05) is 20.1 Å². The minimum atomic E-state index is -3.74. The Morgan fingerprint density at radius 1 is 1.10 bits per heavy atom. The Bertz CT molecular complexity index is 1020. The molecule has 0 fully saturated rings. The van der Waals surface area contributed by atoms with E-state index < -0.39 is 10.0 Å². The molecule has 0 aliphatic heterocycles. The molecule has 1 heterocycles. The van der Waals surface area contributed by atoms with Gasteiger partial charge in [-0.1, -0.05) is 30.3 Å². The molecule has 29 heavy (non-hydrogen) atoms. The summed E-state index contributed by atoms with van der Waals surface area (Å²) in [6.45, 7) is 2.01. The van der Waals surface area contributed by atoms with Gasteiger partial charge in [-0.05, 0) is 42.8 Å². The molecule has 154 valence electrons. The molecule has 8 nitrogen and oxygen atoms in total. The highest BCUT2D eigenvalue weighted by Gasteiger charge is 2.14. The second kappa shape index (κ2) is 9.75. The molecule has 2 aromatic carbocycles. The second-order valence-electron chi connectivity index (χ2n) is 6.58. The first kappa shape index (κ1) is 21.1. The lowest BCUT2D eigenvalue weighted by Crippen LogP contribution is -2.19. The van der Waals surface area contributed by atoms with Gasteiger partial charge in [0.2, 0.25) is 10.0 Å². The summed E-state index contributed by atoms with van der Waals surface area (Å²) >= 11 is 0. The molecule has 1 aromatic heterocycles. The van der Waals surface area contributed by atoms with Crippen molar-refractivity contribution < 1.29 is 13.2 Å². The van der Waals surface area contributed by atoms with Crippen LogP contribution in [-0.2, 0) is 27.7 Å². The fourth-order valence-corrected chi connectivity index (χ4v) is 3.40. The van der Waals surface area contributed by atoms with Gasteiger partial charge in [-0.15, -0.1) is 0 Å². The Morgan fingerprint density at radius 3 is 2.48 bits per heavy atom. The third-order valence-electron chi connectivity index (χ3n) is 4.32. The van der Waals surface area contributed by atoms with Gasteiger partial charge in [0.05, 0.1) is 17.1 Å². The first-order valence-electron chi connectivity index (χ1n) is 9.29. The number of hydrogen-bond acceptors (Lipinski definition) is 6. The first-order valence-corrected chi connectivity index (χ1v) is 10.8. The molecular weight excluding hydrogens is 390 g/mol. The maximum atomic E-state index is 11.5. The van der Waals surface area contributed by atoms with E-state index in [2.05, 4.69) is 15.4 Å². The van der Waals surface area contributed by atoms with Gasteiger partial charge in [0.15, 0.2) is 5.82 Å². The van der Waals surface area contributed by atoms with E-state index in [0.717, 1.165) is 30.0 Å². The number of aromatic nitrogens is 3. The lowest BCUT2D eigenvalue weighted by molar-refractivity contribution is 0.194. The predicted octanol–water partition coefficient (Wildman–Crippen LogP) is 1.63. The molecule has 0 unspecified atom stereocenters. The van der Waals surface area contributed by atoms with Crippen molar-refractivity contribution in [1.82, 2.24) is 20.1 Å². The van der Waals surface area contributed by atoms with Crippen molar-refractivity contribution in [2.45, 2.75) is 24.3 Å². The monoisotopic (exact) mass is 415 g/mol. The lowest BCUT2D eigenvalue weighted by Gasteiger charge is -2.08. The molecule has 0 saturated heterocycles. The number of hydrogen-bond donors (Lipinski definition) is 2. The molecule has 0 saturated carbocycles. The van der Waals surface area contributed by atoms with Crippen LogP contribution < -0.4 is 10.5 Å². The Morgan fingerprint density at radius 2 is 1.83 bits per heavy atom. The molecule has 0 atom stereocenters. The summed E-state index contributed by atoms with van der Waals surface area (Å²) in [6.07, 6.45) is 1.50. The third kappa shape index (κ3) is 5.94. The van der Waals surface area contributed by atoms with Crippen molar-refractivity contribution in [1.29, 1.82) is 0 Å². The number of primary sulfonamides is 1. The number of benzene rings is 2. The van der Waals surface area contributed by atoms with Crippen LogP contribution in [0.3, 0.4) is 0 Å². The summed E-state index contributed by atoms with van der Waals surface area (Å²) in [5, 5.41) is 13.2. The summed E-state index contributed by atoms with van der Waals surface area (Å²) in [5.74, 6) is 1.44. The molecular formula is C20H25N5O3S. The Hall–Kier alpha value is -2.59. The number of ether oxygens (including phenoxy) is 1.